The fourth-order valence-electron chi connectivity index (χ4n) is 8.97. The molecule has 1 aliphatic rings. The van der Waals surface area contributed by atoms with Crippen molar-refractivity contribution in [3.05, 3.63) is 211 Å². The number of hydrogen-bond donors (Lipinski definition) is 0. The summed E-state index contributed by atoms with van der Waals surface area (Å²) in [4.78, 5) is 5.41. The van der Waals surface area contributed by atoms with E-state index in [-0.39, 0.29) is 0 Å². The first-order valence-electron chi connectivity index (χ1n) is 18.8. The average molecular weight is 702 g/mol. The molecule has 258 valence electrons. The van der Waals surface area contributed by atoms with E-state index in [0.717, 1.165) is 50.5 Å². The highest BCUT2D eigenvalue weighted by Gasteiger charge is 2.26. The monoisotopic (exact) mass is 701 g/mol. The standard InChI is InChI=1S/C52H35N3/c1-33-40-24-13-17-35-18-14-25-44(51(35)40)50(33)52(36-15-4-3-5-16-36)53-34(2)37-19-12-20-38(31-37)54-48-28-11-8-23-43(48)45-32-39(29-30-49(45)54)55-46-26-9-6-21-41(46)42-22-7-10-27-47(42)55/h3-32H,2H2,1H3. The summed E-state index contributed by atoms with van der Waals surface area (Å²) >= 11 is 0. The quantitative estimate of drug-likeness (QED) is 0.154. The van der Waals surface area contributed by atoms with Crippen LogP contribution in [0.3, 0.4) is 0 Å². The minimum absolute atomic E-state index is 0.721. The van der Waals surface area contributed by atoms with Gasteiger partial charge in [-0.15, -0.1) is 0 Å². The Hall–Kier alpha value is -7.23. The molecule has 0 spiro atoms. The highest BCUT2D eigenvalue weighted by molar-refractivity contribution is 6.42. The number of aliphatic imine (C=N–C) groups is 1. The Bertz CT molecular complexity index is 3220. The fraction of sp³-hybridized carbons (Fsp3) is 0.0192. The molecule has 0 aliphatic heterocycles. The maximum Gasteiger partial charge on any atom is 0.0790 e. The predicted octanol–water partition coefficient (Wildman–Crippen LogP) is 13.4. The lowest BCUT2D eigenvalue weighted by molar-refractivity contribution is 1.16. The highest BCUT2D eigenvalue weighted by atomic mass is 15.0. The van der Waals surface area contributed by atoms with Gasteiger partial charge in [-0.05, 0) is 82.9 Å². The van der Waals surface area contributed by atoms with Gasteiger partial charge in [-0.1, -0.05) is 140 Å². The first-order valence-corrected chi connectivity index (χ1v) is 18.8. The van der Waals surface area contributed by atoms with E-state index in [2.05, 4.69) is 205 Å². The summed E-state index contributed by atoms with van der Waals surface area (Å²) in [6.07, 6.45) is 0. The van der Waals surface area contributed by atoms with Crippen LogP contribution in [-0.2, 0) is 0 Å². The van der Waals surface area contributed by atoms with Gasteiger partial charge in [0.2, 0.25) is 0 Å². The molecule has 1 aliphatic carbocycles. The van der Waals surface area contributed by atoms with E-state index in [9.17, 15) is 0 Å². The number of fused-ring (bicyclic) bond motifs is 6. The Kier molecular flexibility index (Phi) is 6.92. The van der Waals surface area contributed by atoms with Gasteiger partial charge in [0.1, 0.15) is 0 Å². The molecule has 0 saturated carbocycles. The largest absolute Gasteiger partial charge is 0.309 e. The van der Waals surface area contributed by atoms with Gasteiger partial charge in [0, 0.05) is 49.6 Å². The van der Waals surface area contributed by atoms with Crippen LogP contribution in [0.1, 0.15) is 29.2 Å². The van der Waals surface area contributed by atoms with Crippen molar-refractivity contribution >= 4 is 76.9 Å². The van der Waals surface area contributed by atoms with E-state index in [1.165, 1.54) is 60.1 Å². The van der Waals surface area contributed by atoms with Crippen LogP contribution in [0.25, 0.3) is 82.6 Å². The zero-order chi connectivity index (χ0) is 36.6. The van der Waals surface area contributed by atoms with Gasteiger partial charge in [-0.25, -0.2) is 4.99 Å². The van der Waals surface area contributed by atoms with Gasteiger partial charge in [-0.3, -0.25) is 0 Å². The van der Waals surface area contributed by atoms with Crippen molar-refractivity contribution in [2.45, 2.75) is 6.92 Å². The molecule has 0 amide bonds. The van der Waals surface area contributed by atoms with Crippen molar-refractivity contribution in [3.63, 3.8) is 0 Å². The second-order valence-electron chi connectivity index (χ2n) is 14.5. The highest BCUT2D eigenvalue weighted by Crippen LogP contribution is 2.44. The summed E-state index contributed by atoms with van der Waals surface area (Å²) in [5, 5.41) is 7.48. The maximum absolute atomic E-state index is 5.41. The first-order chi connectivity index (χ1) is 27.1. The Morgan fingerprint density at radius 1 is 0.455 bits per heavy atom. The second kappa shape index (κ2) is 12.2. The third-order valence-electron chi connectivity index (χ3n) is 11.4. The zero-order valence-electron chi connectivity index (χ0n) is 30.4. The molecule has 8 aromatic carbocycles. The molecule has 10 aromatic rings. The van der Waals surface area contributed by atoms with Crippen LogP contribution >= 0.6 is 0 Å². The topological polar surface area (TPSA) is 22.2 Å². The van der Waals surface area contributed by atoms with Crippen molar-refractivity contribution in [1.82, 2.24) is 9.13 Å². The van der Waals surface area contributed by atoms with Crippen molar-refractivity contribution in [2.24, 2.45) is 4.99 Å². The molecule has 0 unspecified atom stereocenters. The van der Waals surface area contributed by atoms with Gasteiger partial charge < -0.3 is 9.13 Å². The lowest BCUT2D eigenvalue weighted by Gasteiger charge is -2.14. The Morgan fingerprint density at radius 3 is 1.65 bits per heavy atom. The number of allylic oxidation sites excluding steroid dienone is 2. The summed E-state index contributed by atoms with van der Waals surface area (Å²) < 4.78 is 4.77. The Morgan fingerprint density at radius 2 is 0.982 bits per heavy atom. The van der Waals surface area contributed by atoms with Crippen LogP contribution < -0.4 is 0 Å². The fourth-order valence-corrected chi connectivity index (χ4v) is 8.97. The van der Waals surface area contributed by atoms with E-state index in [1.807, 2.05) is 0 Å². The second-order valence-corrected chi connectivity index (χ2v) is 14.5. The van der Waals surface area contributed by atoms with Gasteiger partial charge in [-0.2, -0.15) is 0 Å². The van der Waals surface area contributed by atoms with Gasteiger partial charge in [0.05, 0.1) is 33.5 Å². The van der Waals surface area contributed by atoms with E-state index in [4.69, 9.17) is 4.99 Å². The van der Waals surface area contributed by atoms with Gasteiger partial charge >= 0.3 is 0 Å². The Labute approximate surface area is 319 Å². The summed E-state index contributed by atoms with van der Waals surface area (Å²) in [7, 11) is 0. The van der Waals surface area contributed by atoms with Gasteiger partial charge in [0.25, 0.3) is 0 Å². The first kappa shape index (κ1) is 31.3. The number of para-hydroxylation sites is 3. The molecule has 0 atom stereocenters. The van der Waals surface area contributed by atoms with Crippen LogP contribution in [0.15, 0.2) is 194 Å². The molecule has 0 N–H and O–H groups in total. The molecule has 11 rings (SSSR count). The molecular formula is C52H35N3. The normalized spacial score (nSPS) is 12.9. The zero-order valence-corrected chi connectivity index (χ0v) is 30.4. The van der Waals surface area contributed by atoms with Crippen LogP contribution in [0, 0.1) is 0 Å². The number of hydrogen-bond acceptors (Lipinski definition) is 1. The van der Waals surface area contributed by atoms with Crippen molar-refractivity contribution < 1.29 is 0 Å². The predicted molar refractivity (Wildman–Crippen MR) is 234 cm³/mol. The van der Waals surface area contributed by atoms with E-state index in [1.54, 1.807) is 0 Å². The van der Waals surface area contributed by atoms with E-state index < -0.39 is 0 Å². The SMILES string of the molecule is C=C(N=C(C1=C(C)c2cccc3cccc1c23)c1ccccc1)c1cccc(-n2c3ccccc3c3cc(-n4c5ccccc5c5ccccc54)ccc32)c1. The average Bonchev–Trinajstić information content (AvgIpc) is 3.86. The van der Waals surface area contributed by atoms with Crippen LogP contribution in [0.2, 0.25) is 0 Å². The molecule has 3 nitrogen and oxygen atoms in total. The minimum atomic E-state index is 0.721. The smallest absolute Gasteiger partial charge is 0.0790 e. The summed E-state index contributed by atoms with van der Waals surface area (Å²) in [5.41, 5.74) is 15.5. The van der Waals surface area contributed by atoms with Crippen LogP contribution in [0.5, 0.6) is 0 Å². The molecule has 0 fully saturated rings. The van der Waals surface area contributed by atoms with Crippen LogP contribution in [-0.4, -0.2) is 14.8 Å². The molecule has 0 bridgehead atoms. The van der Waals surface area contributed by atoms with Gasteiger partial charge in [0.15, 0.2) is 0 Å². The van der Waals surface area contributed by atoms with Crippen LogP contribution in [0.4, 0.5) is 0 Å². The summed E-state index contributed by atoms with van der Waals surface area (Å²) in [6.45, 7) is 6.82. The number of nitrogens with zero attached hydrogens (tertiary/aromatic N) is 3. The minimum Gasteiger partial charge on any atom is -0.309 e. The maximum atomic E-state index is 5.41. The molecule has 0 radical (unpaired) electrons. The third-order valence-corrected chi connectivity index (χ3v) is 11.4. The summed E-state index contributed by atoms with van der Waals surface area (Å²) in [5.74, 6) is 0. The number of rotatable bonds is 6. The summed E-state index contributed by atoms with van der Waals surface area (Å²) in [6, 6.07) is 65.3. The van der Waals surface area contributed by atoms with E-state index in [0.29, 0.717) is 0 Å². The molecule has 2 aromatic heterocycles. The van der Waals surface area contributed by atoms with E-state index >= 15 is 0 Å². The molecule has 0 saturated heterocycles. The Balaban J connectivity index is 1.06. The lowest BCUT2D eigenvalue weighted by atomic mass is 9.94. The molecule has 2 heterocycles. The lowest BCUT2D eigenvalue weighted by Crippen LogP contribution is -2.05. The molecule has 55 heavy (non-hydrogen) atoms. The number of benzene rings is 8. The third kappa shape index (κ3) is 4.73. The van der Waals surface area contributed by atoms with Crippen molar-refractivity contribution in [1.29, 1.82) is 0 Å². The molecular weight excluding hydrogens is 667 g/mol. The van der Waals surface area contributed by atoms with Crippen molar-refractivity contribution in [3.8, 4) is 11.4 Å². The van der Waals surface area contributed by atoms with Crippen molar-refractivity contribution in [2.75, 3.05) is 0 Å². The molecule has 3 heteroatoms. The number of aromatic nitrogens is 2.